The lowest BCUT2D eigenvalue weighted by atomic mass is 10.0. The molecule has 0 radical (unpaired) electrons. The number of nitrogens with zero attached hydrogens (tertiary/aromatic N) is 1. The van der Waals surface area contributed by atoms with Crippen LogP contribution in [0.5, 0.6) is 0 Å². The third-order valence-electron chi connectivity index (χ3n) is 6.50. The average molecular weight is 592 g/mol. The number of amides is 3. The highest BCUT2D eigenvalue weighted by Gasteiger charge is 2.54. The van der Waals surface area contributed by atoms with Gasteiger partial charge in [-0.3, -0.25) is 14.5 Å². The SMILES string of the molecule is O=C(NC(C(=O)N[C@@H]1C(=O)N2C(C(=O)OCc3ccccc3)=C(Cl)CS[C@@H]12)c1ccccc1)OCc1ccccc1. The zero-order valence-electron chi connectivity index (χ0n) is 21.7. The standard InChI is InChI=1S/C30H26ClN3O6S/c31-22-18-41-28-24(27(36)34(28)25(22)29(37)39-16-19-10-4-1-5-11-19)32-26(35)23(21-14-8-3-9-15-21)33-30(38)40-17-20-12-6-2-7-13-20/h1-15,23-24,28H,16-18H2,(H,32,35)(H,33,38)/t23?,24-,28+/m1/s1. The molecule has 1 fully saturated rings. The second-order valence-electron chi connectivity index (χ2n) is 9.26. The summed E-state index contributed by atoms with van der Waals surface area (Å²) in [5.41, 5.74) is 2.07. The number of benzene rings is 3. The van der Waals surface area contributed by atoms with E-state index >= 15 is 0 Å². The Morgan fingerprint density at radius 2 is 1.44 bits per heavy atom. The lowest BCUT2D eigenvalue weighted by Gasteiger charge is -2.49. The molecule has 210 valence electrons. The molecule has 0 bridgehead atoms. The van der Waals surface area contributed by atoms with Crippen molar-refractivity contribution in [2.24, 2.45) is 0 Å². The van der Waals surface area contributed by atoms with Gasteiger partial charge in [0.2, 0.25) is 5.91 Å². The minimum absolute atomic E-state index is 0.0240. The van der Waals surface area contributed by atoms with E-state index in [1.165, 1.54) is 16.7 Å². The van der Waals surface area contributed by atoms with Gasteiger partial charge in [-0.2, -0.15) is 0 Å². The fourth-order valence-corrected chi connectivity index (χ4v) is 5.97. The van der Waals surface area contributed by atoms with Crippen LogP contribution in [0.15, 0.2) is 102 Å². The van der Waals surface area contributed by atoms with Crippen molar-refractivity contribution in [3.63, 3.8) is 0 Å². The summed E-state index contributed by atoms with van der Waals surface area (Å²) in [4.78, 5) is 53.4. The highest BCUT2D eigenvalue weighted by atomic mass is 35.5. The summed E-state index contributed by atoms with van der Waals surface area (Å²) >= 11 is 7.67. The van der Waals surface area contributed by atoms with Gasteiger partial charge in [0.05, 0.1) is 5.03 Å². The van der Waals surface area contributed by atoms with Crippen LogP contribution in [0.3, 0.4) is 0 Å². The molecule has 11 heteroatoms. The summed E-state index contributed by atoms with van der Waals surface area (Å²) in [5.74, 6) is -1.55. The largest absolute Gasteiger partial charge is 0.456 e. The third-order valence-corrected chi connectivity index (χ3v) is 8.25. The van der Waals surface area contributed by atoms with Crippen LogP contribution in [0.2, 0.25) is 0 Å². The van der Waals surface area contributed by atoms with Gasteiger partial charge in [0.25, 0.3) is 5.91 Å². The van der Waals surface area contributed by atoms with Crippen molar-refractivity contribution >= 4 is 47.2 Å². The van der Waals surface area contributed by atoms with Crippen LogP contribution in [0.25, 0.3) is 0 Å². The number of esters is 1. The van der Waals surface area contributed by atoms with Crippen molar-refractivity contribution in [2.75, 3.05) is 5.75 Å². The summed E-state index contributed by atoms with van der Waals surface area (Å²) in [7, 11) is 0. The summed E-state index contributed by atoms with van der Waals surface area (Å²) in [6, 6.07) is 24.9. The maximum absolute atomic E-state index is 13.4. The van der Waals surface area contributed by atoms with Crippen molar-refractivity contribution in [1.82, 2.24) is 15.5 Å². The number of halogens is 1. The van der Waals surface area contributed by atoms with Crippen LogP contribution >= 0.6 is 23.4 Å². The minimum Gasteiger partial charge on any atom is -0.456 e. The summed E-state index contributed by atoms with van der Waals surface area (Å²) in [6.45, 7) is 0.0545. The number of ether oxygens (including phenoxy) is 2. The Morgan fingerprint density at radius 3 is 2.05 bits per heavy atom. The molecule has 9 nitrogen and oxygen atoms in total. The van der Waals surface area contributed by atoms with Gasteiger partial charge in [0, 0.05) is 5.75 Å². The maximum Gasteiger partial charge on any atom is 0.408 e. The molecule has 5 rings (SSSR count). The molecule has 3 aromatic carbocycles. The van der Waals surface area contributed by atoms with Gasteiger partial charge in [-0.1, -0.05) is 103 Å². The molecular weight excluding hydrogens is 566 g/mol. The summed E-state index contributed by atoms with van der Waals surface area (Å²) in [5, 5.41) is 4.98. The number of hydrogen-bond donors (Lipinski definition) is 2. The Hall–Kier alpha value is -4.28. The highest BCUT2D eigenvalue weighted by molar-refractivity contribution is 8.00. The third kappa shape index (κ3) is 6.55. The number of alkyl carbamates (subject to hydrolysis) is 1. The van der Waals surface area contributed by atoms with E-state index in [-0.39, 0.29) is 29.7 Å². The smallest absolute Gasteiger partial charge is 0.408 e. The van der Waals surface area contributed by atoms with Crippen molar-refractivity contribution in [1.29, 1.82) is 0 Å². The van der Waals surface area contributed by atoms with E-state index in [0.717, 1.165) is 11.1 Å². The van der Waals surface area contributed by atoms with Gasteiger partial charge in [-0.05, 0) is 16.7 Å². The number of rotatable bonds is 9. The number of fused-ring (bicyclic) bond motifs is 1. The Balaban J connectivity index is 1.24. The number of thioether (sulfide) groups is 1. The molecule has 41 heavy (non-hydrogen) atoms. The number of carbonyl (C=O) groups excluding carboxylic acids is 4. The number of nitrogens with one attached hydrogen (secondary N) is 2. The molecule has 3 amide bonds. The first-order chi connectivity index (χ1) is 19.9. The molecule has 2 N–H and O–H groups in total. The fourth-order valence-electron chi connectivity index (χ4n) is 4.43. The quantitative estimate of drug-likeness (QED) is 0.282. The van der Waals surface area contributed by atoms with Crippen LogP contribution in [-0.2, 0) is 37.1 Å². The number of hydrogen-bond acceptors (Lipinski definition) is 7. The van der Waals surface area contributed by atoms with Gasteiger partial charge < -0.3 is 20.1 Å². The molecule has 0 saturated carbocycles. The van der Waals surface area contributed by atoms with Crippen LogP contribution in [0.1, 0.15) is 22.7 Å². The van der Waals surface area contributed by atoms with Crippen LogP contribution in [-0.4, -0.2) is 45.9 Å². The monoisotopic (exact) mass is 591 g/mol. The number of β-lactam (4-membered cyclic amide) rings is 1. The topological polar surface area (TPSA) is 114 Å². The number of carbonyl (C=O) groups is 4. The van der Waals surface area contributed by atoms with E-state index < -0.39 is 41.3 Å². The van der Waals surface area contributed by atoms with Crippen molar-refractivity contribution in [3.8, 4) is 0 Å². The van der Waals surface area contributed by atoms with Crippen LogP contribution < -0.4 is 10.6 Å². The minimum atomic E-state index is -1.12. The first kappa shape index (κ1) is 28.3. The first-order valence-corrected chi connectivity index (χ1v) is 14.2. The van der Waals surface area contributed by atoms with Gasteiger partial charge >= 0.3 is 12.1 Å². The van der Waals surface area contributed by atoms with E-state index in [1.807, 2.05) is 60.7 Å². The molecule has 3 aromatic rings. The van der Waals surface area contributed by atoms with Gasteiger partial charge in [0.15, 0.2) is 0 Å². The predicted molar refractivity (Wildman–Crippen MR) is 153 cm³/mol. The zero-order chi connectivity index (χ0) is 28.8. The Morgan fingerprint density at radius 1 is 0.878 bits per heavy atom. The van der Waals surface area contributed by atoms with Gasteiger partial charge in [0.1, 0.15) is 36.4 Å². The molecule has 1 saturated heterocycles. The van der Waals surface area contributed by atoms with Crippen LogP contribution in [0.4, 0.5) is 4.79 Å². The molecule has 1 unspecified atom stereocenters. The van der Waals surface area contributed by atoms with Crippen molar-refractivity contribution in [2.45, 2.75) is 30.7 Å². The first-order valence-electron chi connectivity index (χ1n) is 12.8. The predicted octanol–water partition coefficient (Wildman–Crippen LogP) is 4.25. The average Bonchev–Trinajstić information content (AvgIpc) is 3.01. The molecule has 0 spiro atoms. The zero-order valence-corrected chi connectivity index (χ0v) is 23.3. The van der Waals surface area contributed by atoms with Crippen molar-refractivity contribution in [3.05, 3.63) is 118 Å². The lowest BCUT2D eigenvalue weighted by Crippen LogP contribution is -2.71. The fraction of sp³-hybridized carbons (Fsp3) is 0.200. The van der Waals surface area contributed by atoms with E-state index in [4.69, 9.17) is 21.1 Å². The molecule has 2 aliphatic heterocycles. The Kier molecular flexibility index (Phi) is 8.91. The Bertz CT molecular complexity index is 1450. The van der Waals surface area contributed by atoms with Gasteiger partial charge in [-0.25, -0.2) is 9.59 Å². The van der Waals surface area contributed by atoms with E-state index in [2.05, 4.69) is 10.6 Å². The molecule has 2 heterocycles. The second-order valence-corrected chi connectivity index (χ2v) is 10.8. The molecule has 0 aromatic heterocycles. The second kappa shape index (κ2) is 12.9. The summed E-state index contributed by atoms with van der Waals surface area (Å²) < 4.78 is 10.7. The molecule has 3 atom stereocenters. The normalized spacial score (nSPS) is 18.5. The summed E-state index contributed by atoms with van der Waals surface area (Å²) in [6.07, 6.45) is -0.787. The lowest BCUT2D eigenvalue weighted by molar-refractivity contribution is -0.153. The molecular formula is C30H26ClN3O6S. The van der Waals surface area contributed by atoms with E-state index in [0.29, 0.717) is 5.56 Å². The van der Waals surface area contributed by atoms with E-state index in [1.54, 1.807) is 30.3 Å². The maximum atomic E-state index is 13.4. The van der Waals surface area contributed by atoms with E-state index in [9.17, 15) is 19.2 Å². The molecule has 0 aliphatic carbocycles. The molecule has 2 aliphatic rings. The Labute approximate surface area is 245 Å². The van der Waals surface area contributed by atoms with Gasteiger partial charge in [-0.15, -0.1) is 11.8 Å². The highest BCUT2D eigenvalue weighted by Crippen LogP contribution is 2.42. The van der Waals surface area contributed by atoms with Crippen LogP contribution in [0, 0.1) is 0 Å². The van der Waals surface area contributed by atoms with Crippen molar-refractivity contribution < 1.29 is 28.7 Å².